The van der Waals surface area contributed by atoms with Crippen molar-refractivity contribution in [2.24, 2.45) is 7.05 Å². The van der Waals surface area contributed by atoms with Gasteiger partial charge in [-0.3, -0.25) is 4.68 Å². The Balaban J connectivity index is 1.91. The molecule has 0 N–H and O–H groups in total. The van der Waals surface area contributed by atoms with Crippen LogP contribution in [0.25, 0.3) is 11.0 Å². The topological polar surface area (TPSA) is 84.1 Å². The molecule has 0 aliphatic carbocycles. The normalized spacial score (nSPS) is 13.0. The van der Waals surface area contributed by atoms with Crippen molar-refractivity contribution in [3.05, 3.63) is 30.0 Å². The number of aryl methyl sites for hydroxylation is 1. The molecule has 2 heterocycles. The summed E-state index contributed by atoms with van der Waals surface area (Å²) >= 11 is 0. The molecule has 3 rings (SSSR count). The van der Waals surface area contributed by atoms with Gasteiger partial charge in [-0.25, -0.2) is 9.48 Å². The molecule has 1 atom stereocenters. The number of benzene rings is 1. The highest BCUT2D eigenvalue weighted by Crippen LogP contribution is 2.33. The molecule has 1 aromatic carbocycles. The fourth-order valence-corrected chi connectivity index (χ4v) is 2.51. The van der Waals surface area contributed by atoms with Crippen LogP contribution in [-0.2, 0) is 22.8 Å². The van der Waals surface area contributed by atoms with E-state index in [2.05, 4.69) is 15.4 Å². The highest BCUT2D eigenvalue weighted by Gasteiger charge is 2.35. The van der Waals surface area contributed by atoms with Crippen LogP contribution in [-0.4, -0.2) is 37.4 Å². The van der Waals surface area contributed by atoms with Crippen LogP contribution in [0.1, 0.15) is 25.6 Å². The first-order valence-corrected chi connectivity index (χ1v) is 8.01. The number of hydrogen-bond acceptors (Lipinski definition) is 6. The minimum absolute atomic E-state index is 0.207. The molecule has 144 valence electrons. The lowest BCUT2D eigenvalue weighted by Gasteiger charge is -2.11. The van der Waals surface area contributed by atoms with E-state index in [1.165, 1.54) is 23.9 Å². The zero-order valence-corrected chi connectivity index (χ0v) is 14.7. The summed E-state index contributed by atoms with van der Waals surface area (Å²) in [5.74, 6) is -0.453. The number of rotatable bonds is 5. The molecule has 0 amide bonds. The van der Waals surface area contributed by atoms with Crippen molar-refractivity contribution in [2.45, 2.75) is 26.1 Å². The first kappa shape index (κ1) is 18.7. The van der Waals surface area contributed by atoms with Crippen molar-refractivity contribution in [1.82, 2.24) is 24.8 Å². The lowest BCUT2D eigenvalue weighted by Crippen LogP contribution is -2.20. The van der Waals surface area contributed by atoms with Gasteiger partial charge < -0.3 is 9.47 Å². The summed E-state index contributed by atoms with van der Waals surface area (Å²) in [6, 6.07) is 4.71. The Kier molecular flexibility index (Phi) is 4.77. The molecule has 0 aliphatic heterocycles. The van der Waals surface area contributed by atoms with Crippen LogP contribution < -0.4 is 4.74 Å². The maximum absolute atomic E-state index is 12.9. The van der Waals surface area contributed by atoms with Crippen LogP contribution >= 0.6 is 0 Å². The molecule has 0 fully saturated rings. The van der Waals surface area contributed by atoms with E-state index in [9.17, 15) is 18.0 Å². The Morgan fingerprint density at radius 3 is 2.67 bits per heavy atom. The zero-order chi connectivity index (χ0) is 19.8. The second-order valence-electron chi connectivity index (χ2n) is 5.70. The monoisotopic (exact) mass is 383 g/mol. The predicted molar refractivity (Wildman–Crippen MR) is 87.2 cm³/mol. The second kappa shape index (κ2) is 6.89. The smallest absolute Gasteiger partial charge is 0.433 e. The highest BCUT2D eigenvalue weighted by atomic mass is 19.4. The van der Waals surface area contributed by atoms with Crippen molar-refractivity contribution >= 4 is 17.0 Å². The molecule has 3 aromatic rings. The number of ether oxygens (including phenoxy) is 2. The summed E-state index contributed by atoms with van der Waals surface area (Å²) < 4.78 is 51.1. The predicted octanol–water partition coefficient (Wildman–Crippen LogP) is 3.10. The lowest BCUT2D eigenvalue weighted by atomic mass is 10.2. The summed E-state index contributed by atoms with van der Waals surface area (Å²) in [6.07, 6.45) is -4.54. The molecule has 27 heavy (non-hydrogen) atoms. The first-order valence-electron chi connectivity index (χ1n) is 8.01. The molecule has 1 unspecified atom stereocenters. The molecule has 0 spiro atoms. The number of fused-ring (bicyclic) bond motifs is 1. The molecule has 0 bridgehead atoms. The van der Waals surface area contributed by atoms with Crippen LogP contribution in [0.3, 0.4) is 0 Å². The van der Waals surface area contributed by atoms with Crippen LogP contribution in [0.5, 0.6) is 11.6 Å². The number of aromatic nitrogens is 5. The quantitative estimate of drug-likeness (QED) is 0.630. The summed E-state index contributed by atoms with van der Waals surface area (Å²) in [5, 5.41) is 11.6. The number of alkyl halides is 3. The van der Waals surface area contributed by atoms with E-state index in [0.717, 1.165) is 6.07 Å². The van der Waals surface area contributed by atoms with Gasteiger partial charge in [0.2, 0.25) is 5.88 Å². The minimum atomic E-state index is -4.54. The number of hydrogen-bond donors (Lipinski definition) is 0. The molecular formula is C16H16F3N5O3. The van der Waals surface area contributed by atoms with Gasteiger partial charge in [0.05, 0.1) is 12.1 Å². The van der Waals surface area contributed by atoms with Crippen molar-refractivity contribution in [3.8, 4) is 11.6 Å². The Morgan fingerprint density at radius 2 is 2.04 bits per heavy atom. The fourth-order valence-electron chi connectivity index (χ4n) is 2.51. The zero-order valence-electron chi connectivity index (χ0n) is 14.7. The van der Waals surface area contributed by atoms with Crippen molar-refractivity contribution < 1.29 is 27.4 Å². The van der Waals surface area contributed by atoms with E-state index in [0.29, 0.717) is 15.7 Å². The third kappa shape index (κ3) is 3.71. The van der Waals surface area contributed by atoms with Crippen LogP contribution in [0, 0.1) is 0 Å². The highest BCUT2D eigenvalue weighted by molar-refractivity contribution is 5.80. The van der Waals surface area contributed by atoms with Gasteiger partial charge in [0, 0.05) is 19.2 Å². The number of esters is 1. The van der Waals surface area contributed by atoms with Crippen LogP contribution in [0.15, 0.2) is 24.3 Å². The van der Waals surface area contributed by atoms with E-state index in [1.54, 1.807) is 19.9 Å². The van der Waals surface area contributed by atoms with Gasteiger partial charge in [-0.05, 0) is 26.0 Å². The van der Waals surface area contributed by atoms with Crippen LogP contribution in [0.2, 0.25) is 0 Å². The minimum Gasteiger partial charge on any atom is -0.464 e. The Labute approximate surface area is 151 Å². The molecular weight excluding hydrogens is 367 g/mol. The summed E-state index contributed by atoms with van der Waals surface area (Å²) in [5.41, 5.74) is 0.0387. The van der Waals surface area contributed by atoms with Gasteiger partial charge in [-0.2, -0.15) is 13.2 Å². The van der Waals surface area contributed by atoms with Crippen molar-refractivity contribution in [1.29, 1.82) is 0 Å². The maximum atomic E-state index is 12.9. The molecule has 0 radical (unpaired) electrons. The fraction of sp³-hybridized carbons (Fsp3) is 0.375. The van der Waals surface area contributed by atoms with Gasteiger partial charge in [0.25, 0.3) is 0 Å². The van der Waals surface area contributed by atoms with Crippen molar-refractivity contribution in [3.63, 3.8) is 0 Å². The number of carbonyl (C=O) groups excluding carboxylic acids is 1. The molecule has 11 heteroatoms. The Bertz CT molecular complexity index is 979. The molecule has 2 aromatic heterocycles. The van der Waals surface area contributed by atoms with E-state index in [4.69, 9.17) is 9.47 Å². The SMILES string of the molecule is CCOC(=O)C(C)n1nnc2ccc(Oc3cc(C(F)(F)F)n(C)n3)cc21. The molecule has 0 saturated carbocycles. The van der Waals surface area contributed by atoms with Gasteiger partial charge in [-0.1, -0.05) is 5.21 Å². The Morgan fingerprint density at radius 1 is 1.30 bits per heavy atom. The van der Waals surface area contributed by atoms with E-state index in [1.807, 2.05) is 0 Å². The molecule has 0 saturated heterocycles. The second-order valence-corrected chi connectivity index (χ2v) is 5.70. The Hall–Kier alpha value is -3.11. The van der Waals surface area contributed by atoms with Crippen LogP contribution in [0.4, 0.5) is 13.2 Å². The van der Waals surface area contributed by atoms with Gasteiger partial charge >= 0.3 is 12.1 Å². The van der Waals surface area contributed by atoms with E-state index < -0.39 is 23.9 Å². The number of carbonyl (C=O) groups is 1. The van der Waals surface area contributed by atoms with Gasteiger partial charge in [0.15, 0.2) is 0 Å². The van der Waals surface area contributed by atoms with Crippen molar-refractivity contribution in [2.75, 3.05) is 6.61 Å². The summed E-state index contributed by atoms with van der Waals surface area (Å²) in [6.45, 7) is 3.53. The molecule has 8 nitrogen and oxygen atoms in total. The average molecular weight is 383 g/mol. The van der Waals surface area contributed by atoms with Gasteiger partial charge in [0.1, 0.15) is 23.0 Å². The van der Waals surface area contributed by atoms with E-state index >= 15 is 0 Å². The number of nitrogens with zero attached hydrogens (tertiary/aromatic N) is 5. The van der Waals surface area contributed by atoms with E-state index in [-0.39, 0.29) is 18.2 Å². The molecule has 0 aliphatic rings. The summed E-state index contributed by atoms with van der Waals surface area (Å²) in [4.78, 5) is 11.9. The average Bonchev–Trinajstić information content (AvgIpc) is 3.17. The third-order valence-electron chi connectivity index (χ3n) is 3.81. The lowest BCUT2D eigenvalue weighted by molar-refractivity contribution is -0.147. The maximum Gasteiger partial charge on any atom is 0.433 e. The largest absolute Gasteiger partial charge is 0.464 e. The third-order valence-corrected chi connectivity index (χ3v) is 3.81. The number of halogens is 3. The van der Waals surface area contributed by atoms with Gasteiger partial charge in [-0.15, -0.1) is 10.2 Å². The standard InChI is InChI=1S/C16H16F3N5O3/c1-4-26-15(25)9(2)24-12-7-10(5-6-11(12)20-22-24)27-14-8-13(16(17,18)19)23(3)21-14/h5-9H,4H2,1-3H3. The summed E-state index contributed by atoms with van der Waals surface area (Å²) in [7, 11) is 1.18. The first-order chi connectivity index (χ1) is 12.7.